The van der Waals surface area contributed by atoms with Gasteiger partial charge in [0.1, 0.15) is 5.69 Å². The normalized spacial score (nSPS) is 10.5. The van der Waals surface area contributed by atoms with Crippen LogP contribution in [0, 0.1) is 0 Å². The van der Waals surface area contributed by atoms with Gasteiger partial charge in [0.25, 0.3) is 0 Å². The zero-order valence-electron chi connectivity index (χ0n) is 12.7. The molecule has 0 amide bonds. The number of oxazole rings is 1. The summed E-state index contributed by atoms with van der Waals surface area (Å²) in [7, 11) is 4.02. The lowest BCUT2D eigenvalue weighted by Gasteiger charge is -2.04. The minimum Gasteiger partial charge on any atom is -0.439 e. The largest absolute Gasteiger partial charge is 0.439 e. The maximum Gasteiger partial charge on any atom is 0.209 e. The van der Waals surface area contributed by atoms with E-state index in [-0.39, 0.29) is 12.4 Å². The van der Waals surface area contributed by atoms with Gasteiger partial charge in [-0.3, -0.25) is 0 Å². The average Bonchev–Trinajstić information content (AvgIpc) is 2.92. The lowest BCUT2D eigenvalue weighted by atomic mass is 10.1. The number of benzene rings is 2. The van der Waals surface area contributed by atoms with Crippen LogP contribution in [0.15, 0.2) is 65.1 Å². The summed E-state index contributed by atoms with van der Waals surface area (Å²) in [6.45, 7) is 0.687. The molecule has 0 saturated heterocycles. The van der Waals surface area contributed by atoms with Gasteiger partial charge in [-0.15, -0.1) is 12.4 Å². The number of halogens is 1. The molecule has 0 saturated carbocycles. The molecular weight excluding hydrogens is 296 g/mol. The van der Waals surface area contributed by atoms with Gasteiger partial charge in [-0.25, -0.2) is 4.98 Å². The Morgan fingerprint density at radius 2 is 1.41 bits per heavy atom. The standard InChI is InChI=1S/C18H18N2O.ClH/c1-20(2)13-16-19-17(14-9-5-3-6-10-14)18(21-16)15-11-7-4-8-12-15;/h3-12H,13H2,1-2H3;1H. The van der Waals surface area contributed by atoms with E-state index in [2.05, 4.69) is 22.0 Å². The predicted octanol–water partition coefficient (Wildman–Crippen LogP) is 4.49. The van der Waals surface area contributed by atoms with Crippen LogP contribution in [0.25, 0.3) is 22.6 Å². The van der Waals surface area contributed by atoms with E-state index in [9.17, 15) is 0 Å². The second-order valence-electron chi connectivity index (χ2n) is 5.26. The summed E-state index contributed by atoms with van der Waals surface area (Å²) in [6.07, 6.45) is 0. The molecule has 0 atom stereocenters. The van der Waals surface area contributed by atoms with Gasteiger partial charge in [0.05, 0.1) is 6.54 Å². The quantitative estimate of drug-likeness (QED) is 0.710. The molecule has 4 heteroatoms. The van der Waals surface area contributed by atoms with Gasteiger partial charge in [-0.2, -0.15) is 0 Å². The second kappa shape index (κ2) is 7.25. The summed E-state index contributed by atoms with van der Waals surface area (Å²) < 4.78 is 6.01. The van der Waals surface area contributed by atoms with Crippen molar-refractivity contribution in [3.63, 3.8) is 0 Å². The third-order valence-electron chi connectivity index (χ3n) is 3.21. The summed E-state index contributed by atoms with van der Waals surface area (Å²) in [6, 6.07) is 20.3. The Bertz CT molecular complexity index is 651. The molecule has 0 unspecified atom stereocenters. The Morgan fingerprint density at radius 3 is 1.95 bits per heavy atom. The van der Waals surface area contributed by atoms with Crippen molar-refractivity contribution in [2.45, 2.75) is 6.54 Å². The summed E-state index contributed by atoms with van der Waals surface area (Å²) in [4.78, 5) is 6.74. The maximum absolute atomic E-state index is 6.01. The highest BCUT2D eigenvalue weighted by molar-refractivity contribution is 5.85. The molecule has 1 heterocycles. The van der Waals surface area contributed by atoms with Crippen LogP contribution in [0.2, 0.25) is 0 Å². The third-order valence-corrected chi connectivity index (χ3v) is 3.21. The molecule has 0 fully saturated rings. The van der Waals surface area contributed by atoms with Crippen molar-refractivity contribution >= 4 is 12.4 Å². The molecule has 22 heavy (non-hydrogen) atoms. The van der Waals surface area contributed by atoms with Crippen LogP contribution in [0.1, 0.15) is 5.89 Å². The number of aromatic nitrogens is 1. The molecule has 3 aromatic rings. The molecule has 0 radical (unpaired) electrons. The molecular formula is C18H19ClN2O. The predicted molar refractivity (Wildman–Crippen MR) is 92.0 cm³/mol. The average molecular weight is 315 g/mol. The highest BCUT2D eigenvalue weighted by atomic mass is 35.5. The molecule has 114 valence electrons. The summed E-state index contributed by atoms with van der Waals surface area (Å²) in [5, 5.41) is 0. The van der Waals surface area contributed by atoms with E-state index in [1.165, 1.54) is 0 Å². The molecule has 3 nitrogen and oxygen atoms in total. The first kappa shape index (κ1) is 16.3. The molecule has 0 aliphatic carbocycles. The Hall–Kier alpha value is -2.10. The van der Waals surface area contributed by atoms with Crippen LogP contribution in [-0.4, -0.2) is 24.0 Å². The van der Waals surface area contributed by atoms with Gasteiger partial charge in [0.15, 0.2) is 5.76 Å². The topological polar surface area (TPSA) is 29.3 Å². The minimum atomic E-state index is 0. The van der Waals surface area contributed by atoms with Crippen LogP contribution in [-0.2, 0) is 6.54 Å². The third kappa shape index (κ3) is 3.56. The maximum atomic E-state index is 6.01. The highest BCUT2D eigenvalue weighted by Gasteiger charge is 2.16. The number of nitrogens with zero attached hydrogens (tertiary/aromatic N) is 2. The molecule has 0 spiro atoms. The molecule has 3 rings (SSSR count). The monoisotopic (exact) mass is 314 g/mol. The van der Waals surface area contributed by atoms with Crippen LogP contribution in [0.5, 0.6) is 0 Å². The van der Waals surface area contributed by atoms with E-state index in [4.69, 9.17) is 4.42 Å². The lowest BCUT2D eigenvalue weighted by Crippen LogP contribution is -2.10. The fourth-order valence-corrected chi connectivity index (χ4v) is 2.28. The Kier molecular flexibility index (Phi) is 5.36. The zero-order chi connectivity index (χ0) is 14.7. The van der Waals surface area contributed by atoms with Gasteiger partial charge in [0, 0.05) is 11.1 Å². The molecule has 2 aromatic carbocycles. The van der Waals surface area contributed by atoms with Crippen molar-refractivity contribution in [1.82, 2.24) is 9.88 Å². The van der Waals surface area contributed by atoms with Crippen molar-refractivity contribution in [3.8, 4) is 22.6 Å². The summed E-state index contributed by atoms with van der Waals surface area (Å²) in [5.74, 6) is 1.57. The number of rotatable bonds is 4. The zero-order valence-corrected chi connectivity index (χ0v) is 13.5. The molecule has 0 aliphatic heterocycles. The van der Waals surface area contributed by atoms with Crippen molar-refractivity contribution in [3.05, 3.63) is 66.6 Å². The Labute approximate surface area is 137 Å². The van der Waals surface area contributed by atoms with Gasteiger partial charge in [-0.1, -0.05) is 60.7 Å². The first-order valence-electron chi connectivity index (χ1n) is 6.99. The fraction of sp³-hybridized carbons (Fsp3) is 0.167. The second-order valence-corrected chi connectivity index (χ2v) is 5.26. The molecule has 0 aliphatic rings. The fourth-order valence-electron chi connectivity index (χ4n) is 2.28. The van der Waals surface area contributed by atoms with Crippen molar-refractivity contribution < 1.29 is 4.42 Å². The van der Waals surface area contributed by atoms with E-state index in [0.29, 0.717) is 6.54 Å². The van der Waals surface area contributed by atoms with E-state index in [1.54, 1.807) is 0 Å². The first-order chi connectivity index (χ1) is 10.2. The van der Waals surface area contributed by atoms with Crippen molar-refractivity contribution in [2.75, 3.05) is 14.1 Å². The molecule has 0 bridgehead atoms. The number of hydrogen-bond donors (Lipinski definition) is 0. The van der Waals surface area contributed by atoms with E-state index in [0.717, 1.165) is 28.5 Å². The van der Waals surface area contributed by atoms with Crippen LogP contribution in [0.4, 0.5) is 0 Å². The molecule has 0 N–H and O–H groups in total. The van der Waals surface area contributed by atoms with Gasteiger partial charge in [0.2, 0.25) is 5.89 Å². The van der Waals surface area contributed by atoms with Crippen LogP contribution < -0.4 is 0 Å². The van der Waals surface area contributed by atoms with Crippen molar-refractivity contribution in [2.24, 2.45) is 0 Å². The highest BCUT2D eigenvalue weighted by Crippen LogP contribution is 2.32. The smallest absolute Gasteiger partial charge is 0.209 e. The minimum absolute atomic E-state index is 0. The summed E-state index contributed by atoms with van der Waals surface area (Å²) >= 11 is 0. The van der Waals surface area contributed by atoms with Crippen molar-refractivity contribution in [1.29, 1.82) is 0 Å². The summed E-state index contributed by atoms with van der Waals surface area (Å²) in [5.41, 5.74) is 3.03. The molecule has 1 aromatic heterocycles. The van der Waals surface area contributed by atoms with E-state index in [1.807, 2.05) is 62.6 Å². The Morgan fingerprint density at radius 1 is 0.864 bits per heavy atom. The SMILES string of the molecule is CN(C)Cc1nc(-c2ccccc2)c(-c2ccccc2)o1.Cl. The van der Waals surface area contributed by atoms with Crippen LogP contribution in [0.3, 0.4) is 0 Å². The Balaban J connectivity index is 0.00000176. The lowest BCUT2D eigenvalue weighted by molar-refractivity contribution is 0.344. The van der Waals surface area contributed by atoms with Gasteiger partial charge >= 0.3 is 0 Å². The van der Waals surface area contributed by atoms with Gasteiger partial charge < -0.3 is 9.32 Å². The number of hydrogen-bond acceptors (Lipinski definition) is 3. The van der Waals surface area contributed by atoms with E-state index < -0.39 is 0 Å². The van der Waals surface area contributed by atoms with Gasteiger partial charge in [-0.05, 0) is 14.1 Å². The van der Waals surface area contributed by atoms with E-state index >= 15 is 0 Å². The van der Waals surface area contributed by atoms with Crippen LogP contribution >= 0.6 is 12.4 Å². The first-order valence-corrected chi connectivity index (χ1v) is 6.99.